The summed E-state index contributed by atoms with van der Waals surface area (Å²) in [5.74, 6) is 0.611. The predicted octanol–water partition coefficient (Wildman–Crippen LogP) is 4.38. The Bertz CT molecular complexity index is 1260. The minimum atomic E-state index is -4.36. The molecule has 0 aliphatic carbocycles. The molecule has 0 radical (unpaired) electrons. The highest BCUT2D eigenvalue weighted by Gasteiger charge is 2.30. The fraction of sp³-hybridized carbons (Fsp3) is 0.360. The molecule has 0 unspecified atom stereocenters. The van der Waals surface area contributed by atoms with Crippen molar-refractivity contribution >= 4 is 5.71 Å². The number of pyridine rings is 1. The molecule has 0 saturated heterocycles. The summed E-state index contributed by atoms with van der Waals surface area (Å²) in [6.07, 6.45) is 1.06. The molecule has 34 heavy (non-hydrogen) atoms. The van der Waals surface area contributed by atoms with Crippen LogP contribution in [0.15, 0.2) is 52.4 Å². The largest absolute Gasteiger partial charge is 0.416 e. The zero-order valence-electron chi connectivity index (χ0n) is 18.5. The van der Waals surface area contributed by atoms with E-state index in [1.165, 1.54) is 12.1 Å². The fourth-order valence-electron chi connectivity index (χ4n) is 4.42. The van der Waals surface area contributed by atoms with Gasteiger partial charge in [0.1, 0.15) is 0 Å². The average Bonchev–Trinajstić information content (AvgIpc) is 2.85. The number of hydrogen-bond acceptors (Lipinski definition) is 5. The van der Waals surface area contributed by atoms with Crippen LogP contribution in [0.1, 0.15) is 47.5 Å². The van der Waals surface area contributed by atoms with Gasteiger partial charge in [0.25, 0.3) is 5.56 Å². The number of fused-ring (bicyclic) bond motifs is 1. The second-order valence-electron chi connectivity index (χ2n) is 8.71. The highest BCUT2D eigenvalue weighted by Crippen LogP contribution is 2.30. The molecule has 1 aromatic carbocycles. The first-order chi connectivity index (χ1) is 16.4. The first kappa shape index (κ1) is 22.5. The van der Waals surface area contributed by atoms with Crippen LogP contribution in [0.3, 0.4) is 0 Å². The fourth-order valence-corrected chi connectivity index (χ4v) is 4.42. The molecule has 0 atom stereocenters. The monoisotopic (exact) mass is 467 g/mol. The summed E-state index contributed by atoms with van der Waals surface area (Å²) in [5.41, 5.74) is 3.86. The number of alkyl halides is 3. The van der Waals surface area contributed by atoms with Gasteiger partial charge in [0.2, 0.25) is 0 Å². The lowest BCUT2D eigenvalue weighted by Crippen LogP contribution is -2.36. The van der Waals surface area contributed by atoms with Gasteiger partial charge in [-0.2, -0.15) is 13.2 Å². The summed E-state index contributed by atoms with van der Waals surface area (Å²) in [6.45, 7) is 2.68. The summed E-state index contributed by atoms with van der Waals surface area (Å²) >= 11 is 0. The molecule has 6 nitrogen and oxygen atoms in total. The number of H-pyrrole nitrogens is 1. The lowest BCUT2D eigenvalue weighted by molar-refractivity contribution is -0.137. The molecule has 5 rings (SSSR count). The smallest absolute Gasteiger partial charge is 0.305 e. The molecule has 0 bridgehead atoms. The van der Waals surface area contributed by atoms with Gasteiger partial charge in [-0.3, -0.25) is 19.7 Å². The van der Waals surface area contributed by atoms with Crippen molar-refractivity contribution in [2.24, 2.45) is 4.99 Å². The summed E-state index contributed by atoms with van der Waals surface area (Å²) in [5, 5.41) is 0. The summed E-state index contributed by atoms with van der Waals surface area (Å²) in [7, 11) is 0. The van der Waals surface area contributed by atoms with Crippen LogP contribution in [0.2, 0.25) is 0 Å². The summed E-state index contributed by atoms with van der Waals surface area (Å²) < 4.78 is 38.3. The van der Waals surface area contributed by atoms with Gasteiger partial charge in [-0.25, -0.2) is 4.98 Å². The molecule has 2 aromatic heterocycles. The van der Waals surface area contributed by atoms with Crippen molar-refractivity contribution in [1.82, 2.24) is 19.9 Å². The highest BCUT2D eigenvalue weighted by atomic mass is 19.4. The van der Waals surface area contributed by atoms with E-state index in [1.54, 1.807) is 12.3 Å². The average molecular weight is 467 g/mol. The van der Waals surface area contributed by atoms with Crippen molar-refractivity contribution in [3.63, 3.8) is 0 Å². The molecule has 0 saturated carbocycles. The van der Waals surface area contributed by atoms with Gasteiger partial charge in [-0.05, 0) is 43.0 Å². The Hall–Kier alpha value is -3.33. The summed E-state index contributed by atoms with van der Waals surface area (Å²) in [4.78, 5) is 31.5. The van der Waals surface area contributed by atoms with Crippen molar-refractivity contribution < 1.29 is 13.2 Å². The van der Waals surface area contributed by atoms with Crippen molar-refractivity contribution in [3.05, 3.63) is 81.2 Å². The van der Waals surface area contributed by atoms with Crippen LogP contribution in [0.25, 0.3) is 11.3 Å². The Labute approximate surface area is 194 Å². The Balaban J connectivity index is 1.26. The first-order valence-electron chi connectivity index (χ1n) is 11.4. The van der Waals surface area contributed by atoms with Crippen molar-refractivity contribution in [2.75, 3.05) is 13.1 Å². The molecule has 2 aliphatic heterocycles. The molecular weight excluding hydrogens is 443 g/mol. The SMILES string of the molecule is O=c1[nH]c(C2=NCCCC2)nc2c1CN(Cc1ccc(-c3ccc(C(F)(F)F)cc3)nc1)CC2. The number of rotatable bonds is 4. The van der Waals surface area contributed by atoms with Gasteiger partial charge in [-0.1, -0.05) is 18.2 Å². The van der Waals surface area contributed by atoms with Gasteiger partial charge in [0.05, 0.1) is 28.2 Å². The Morgan fingerprint density at radius 2 is 1.85 bits per heavy atom. The standard InChI is InChI=1S/C25H24F3N5O/c26-25(27,28)18-7-5-17(6-8-18)20-9-4-16(13-30-20)14-33-12-10-21-19(15-33)24(34)32-23(31-21)22-3-1-2-11-29-22/h4-9,13H,1-3,10-12,14-15H2,(H,31,32,34). The third-order valence-corrected chi connectivity index (χ3v) is 6.28. The van der Waals surface area contributed by atoms with E-state index in [-0.39, 0.29) is 5.56 Å². The number of hydrogen-bond donors (Lipinski definition) is 1. The van der Waals surface area contributed by atoms with Gasteiger partial charge < -0.3 is 4.98 Å². The third-order valence-electron chi connectivity index (χ3n) is 6.28. The molecule has 3 aromatic rings. The lowest BCUT2D eigenvalue weighted by atomic mass is 10.0. The summed E-state index contributed by atoms with van der Waals surface area (Å²) in [6, 6.07) is 8.71. The van der Waals surface area contributed by atoms with Gasteiger partial charge in [0, 0.05) is 44.4 Å². The van der Waals surface area contributed by atoms with Crippen LogP contribution >= 0.6 is 0 Å². The molecule has 0 amide bonds. The normalized spacial score (nSPS) is 16.7. The number of benzene rings is 1. The predicted molar refractivity (Wildman–Crippen MR) is 123 cm³/mol. The minimum absolute atomic E-state index is 0.103. The van der Waals surface area contributed by atoms with Crippen LogP contribution in [0, 0.1) is 0 Å². The maximum atomic E-state index is 12.8. The molecule has 2 aliphatic rings. The Morgan fingerprint density at radius 1 is 1.03 bits per heavy atom. The van der Waals surface area contributed by atoms with Crippen molar-refractivity contribution in [2.45, 2.75) is 44.9 Å². The van der Waals surface area contributed by atoms with Crippen LogP contribution in [0.5, 0.6) is 0 Å². The van der Waals surface area contributed by atoms with E-state index in [0.29, 0.717) is 42.2 Å². The van der Waals surface area contributed by atoms with Crippen LogP contribution in [-0.4, -0.2) is 38.7 Å². The van der Waals surface area contributed by atoms with Crippen LogP contribution in [-0.2, 0) is 25.7 Å². The molecular formula is C25H24F3N5O. The minimum Gasteiger partial charge on any atom is -0.305 e. The van der Waals surface area contributed by atoms with Crippen LogP contribution in [0.4, 0.5) is 13.2 Å². The van der Waals surface area contributed by atoms with E-state index in [9.17, 15) is 18.0 Å². The van der Waals surface area contributed by atoms with E-state index in [2.05, 4.69) is 19.9 Å². The van der Waals surface area contributed by atoms with E-state index in [4.69, 9.17) is 4.98 Å². The van der Waals surface area contributed by atoms with E-state index >= 15 is 0 Å². The molecule has 0 fully saturated rings. The number of halogens is 3. The topological polar surface area (TPSA) is 74.2 Å². The van der Waals surface area contributed by atoms with Crippen LogP contribution < -0.4 is 5.56 Å². The third kappa shape index (κ3) is 4.79. The number of aromatic nitrogens is 3. The second-order valence-corrected chi connectivity index (χ2v) is 8.71. The van der Waals surface area contributed by atoms with E-state index in [1.807, 2.05) is 6.07 Å². The second kappa shape index (κ2) is 9.13. The molecule has 9 heteroatoms. The van der Waals surface area contributed by atoms with Gasteiger partial charge >= 0.3 is 6.18 Å². The molecule has 4 heterocycles. The van der Waals surface area contributed by atoms with E-state index in [0.717, 1.165) is 61.5 Å². The molecule has 1 N–H and O–H groups in total. The van der Waals surface area contributed by atoms with Gasteiger partial charge in [-0.15, -0.1) is 0 Å². The number of aliphatic imine (C=N–C) groups is 1. The van der Waals surface area contributed by atoms with Gasteiger partial charge in [0.15, 0.2) is 5.82 Å². The first-order valence-corrected chi connectivity index (χ1v) is 11.4. The number of aromatic amines is 1. The Kier molecular flexibility index (Phi) is 6.03. The molecule has 0 spiro atoms. The van der Waals surface area contributed by atoms with Crippen molar-refractivity contribution in [3.8, 4) is 11.3 Å². The zero-order valence-corrected chi connectivity index (χ0v) is 18.5. The number of nitrogens with zero attached hydrogens (tertiary/aromatic N) is 4. The Morgan fingerprint density at radius 3 is 2.53 bits per heavy atom. The van der Waals surface area contributed by atoms with Crippen molar-refractivity contribution in [1.29, 1.82) is 0 Å². The molecule has 176 valence electrons. The lowest BCUT2D eigenvalue weighted by Gasteiger charge is -2.27. The maximum absolute atomic E-state index is 12.8. The highest BCUT2D eigenvalue weighted by molar-refractivity contribution is 5.97. The number of nitrogens with one attached hydrogen (secondary N) is 1. The quantitative estimate of drug-likeness (QED) is 0.618. The maximum Gasteiger partial charge on any atom is 0.416 e. The zero-order chi connectivity index (χ0) is 23.7. The van der Waals surface area contributed by atoms with E-state index < -0.39 is 11.7 Å².